The van der Waals surface area contributed by atoms with Crippen LogP contribution in [0.4, 0.5) is 5.69 Å². The van der Waals surface area contributed by atoms with Crippen molar-refractivity contribution in [3.8, 4) is 0 Å². The van der Waals surface area contributed by atoms with Gasteiger partial charge >= 0.3 is 0 Å². The average molecular weight is 332 g/mol. The van der Waals surface area contributed by atoms with E-state index < -0.39 is 16.9 Å². The molecule has 0 radical (unpaired) electrons. The van der Waals surface area contributed by atoms with E-state index in [2.05, 4.69) is 10.6 Å². The molecular weight excluding hydrogens is 312 g/mol. The van der Waals surface area contributed by atoms with Crippen molar-refractivity contribution in [2.75, 3.05) is 26.2 Å². The molecule has 1 aromatic rings. The summed E-state index contributed by atoms with van der Waals surface area (Å²) in [5, 5.41) is 16.7. The Morgan fingerprint density at radius 1 is 1.33 bits per heavy atom. The Bertz CT molecular complexity index is 666. The zero-order chi connectivity index (χ0) is 17.3. The Balaban J connectivity index is 1.60. The van der Waals surface area contributed by atoms with Crippen molar-refractivity contribution in [2.45, 2.75) is 13.0 Å². The molecule has 1 aromatic carbocycles. The van der Waals surface area contributed by atoms with E-state index in [0.717, 1.165) is 13.1 Å². The summed E-state index contributed by atoms with van der Waals surface area (Å²) in [6.07, 6.45) is 0. The molecule has 0 spiro atoms. The van der Waals surface area contributed by atoms with E-state index in [9.17, 15) is 19.7 Å². The second-order valence-electron chi connectivity index (χ2n) is 6.42. The third-order valence-corrected chi connectivity index (χ3v) is 4.74. The quantitative estimate of drug-likeness (QED) is 0.613. The molecule has 2 heterocycles. The van der Waals surface area contributed by atoms with Crippen molar-refractivity contribution in [3.63, 3.8) is 0 Å². The molecule has 2 aliphatic rings. The molecule has 0 aliphatic carbocycles. The number of hydrogen-bond acceptors (Lipinski definition) is 5. The molecule has 2 aliphatic heterocycles. The molecule has 0 bridgehead atoms. The maximum atomic E-state index is 12.5. The molecule has 2 amide bonds. The molecule has 8 nitrogen and oxygen atoms in total. The van der Waals surface area contributed by atoms with Gasteiger partial charge in [-0.15, -0.1) is 0 Å². The largest absolute Gasteiger partial charge is 0.341 e. The van der Waals surface area contributed by atoms with E-state index in [1.807, 2.05) is 0 Å². The normalized spacial score (nSPS) is 23.6. The van der Waals surface area contributed by atoms with Gasteiger partial charge in [0.1, 0.15) is 6.04 Å². The minimum absolute atomic E-state index is 0.108. The number of carbonyl (C=O) groups excluding carboxylic acids is 2. The summed E-state index contributed by atoms with van der Waals surface area (Å²) in [5.41, 5.74) is 0.0211. The average Bonchev–Trinajstić information content (AvgIpc) is 3.15. The third-order valence-electron chi connectivity index (χ3n) is 4.74. The second-order valence-corrected chi connectivity index (χ2v) is 6.42. The van der Waals surface area contributed by atoms with Crippen LogP contribution in [-0.2, 0) is 4.79 Å². The summed E-state index contributed by atoms with van der Waals surface area (Å²) in [4.78, 5) is 36.8. The van der Waals surface area contributed by atoms with Gasteiger partial charge in [0, 0.05) is 43.9 Å². The van der Waals surface area contributed by atoms with Crippen LogP contribution >= 0.6 is 0 Å². The zero-order valence-corrected chi connectivity index (χ0v) is 13.4. The Hall–Kier alpha value is -2.48. The first-order valence-corrected chi connectivity index (χ1v) is 8.00. The lowest BCUT2D eigenvalue weighted by Gasteiger charge is -2.22. The molecule has 24 heavy (non-hydrogen) atoms. The van der Waals surface area contributed by atoms with Crippen molar-refractivity contribution >= 4 is 17.5 Å². The molecule has 2 N–H and O–H groups in total. The molecule has 3 atom stereocenters. The van der Waals surface area contributed by atoms with Crippen LogP contribution in [0.2, 0.25) is 0 Å². The van der Waals surface area contributed by atoms with Gasteiger partial charge in [0.15, 0.2) is 0 Å². The highest BCUT2D eigenvalue weighted by atomic mass is 16.6. The fraction of sp³-hybridized carbons (Fsp3) is 0.500. The Morgan fingerprint density at radius 3 is 2.62 bits per heavy atom. The van der Waals surface area contributed by atoms with Gasteiger partial charge in [-0.1, -0.05) is 6.07 Å². The number of non-ortho nitro benzene ring substituents is 1. The molecule has 2 fully saturated rings. The topological polar surface area (TPSA) is 105 Å². The zero-order valence-electron chi connectivity index (χ0n) is 13.4. The van der Waals surface area contributed by atoms with E-state index >= 15 is 0 Å². The summed E-state index contributed by atoms with van der Waals surface area (Å²) in [5.74, 6) is 0.394. The SMILES string of the molecule is CC(NC(=O)c1cccc([N+](=O)[O-])c1)C(=O)N1C[C@H]2CNC[C@H]2C1. The number of nitro benzene ring substituents is 1. The molecule has 0 saturated carbocycles. The van der Waals surface area contributed by atoms with Crippen molar-refractivity contribution in [3.05, 3.63) is 39.9 Å². The van der Waals surface area contributed by atoms with Crippen LogP contribution in [0.15, 0.2) is 24.3 Å². The number of carbonyl (C=O) groups is 2. The van der Waals surface area contributed by atoms with Crippen molar-refractivity contribution < 1.29 is 14.5 Å². The van der Waals surface area contributed by atoms with E-state index in [4.69, 9.17) is 0 Å². The van der Waals surface area contributed by atoms with Crippen LogP contribution in [0.1, 0.15) is 17.3 Å². The highest BCUT2D eigenvalue weighted by Gasteiger charge is 2.39. The smallest absolute Gasteiger partial charge is 0.270 e. The van der Waals surface area contributed by atoms with Crippen LogP contribution in [0, 0.1) is 22.0 Å². The highest BCUT2D eigenvalue weighted by Crippen LogP contribution is 2.26. The van der Waals surface area contributed by atoms with E-state index in [-0.39, 0.29) is 17.2 Å². The molecule has 3 rings (SSSR count). The minimum Gasteiger partial charge on any atom is -0.341 e. The minimum atomic E-state index is -0.663. The summed E-state index contributed by atoms with van der Waals surface area (Å²) in [6.45, 7) is 4.94. The third kappa shape index (κ3) is 3.23. The van der Waals surface area contributed by atoms with Crippen molar-refractivity contribution in [1.29, 1.82) is 0 Å². The number of rotatable bonds is 4. The van der Waals surface area contributed by atoms with Gasteiger partial charge < -0.3 is 15.5 Å². The van der Waals surface area contributed by atoms with Gasteiger partial charge in [0.2, 0.25) is 5.91 Å². The summed E-state index contributed by atoms with van der Waals surface area (Å²) >= 11 is 0. The summed E-state index contributed by atoms with van der Waals surface area (Å²) in [6, 6.07) is 4.81. The fourth-order valence-corrected chi connectivity index (χ4v) is 3.41. The summed E-state index contributed by atoms with van der Waals surface area (Å²) < 4.78 is 0. The number of likely N-dealkylation sites (tertiary alicyclic amines) is 1. The number of fused-ring (bicyclic) bond motifs is 1. The van der Waals surface area contributed by atoms with Crippen LogP contribution < -0.4 is 10.6 Å². The number of nitro groups is 1. The molecule has 8 heteroatoms. The van der Waals surface area contributed by atoms with Gasteiger partial charge in [-0.3, -0.25) is 19.7 Å². The van der Waals surface area contributed by atoms with Crippen LogP contribution in [0.5, 0.6) is 0 Å². The van der Waals surface area contributed by atoms with E-state index in [0.29, 0.717) is 24.9 Å². The van der Waals surface area contributed by atoms with Gasteiger partial charge in [0.25, 0.3) is 11.6 Å². The Kier molecular flexibility index (Phi) is 4.48. The van der Waals surface area contributed by atoms with Gasteiger partial charge in [-0.2, -0.15) is 0 Å². The number of benzene rings is 1. The predicted octanol–water partition coefficient (Wildman–Crippen LogP) is 0.391. The first-order chi connectivity index (χ1) is 11.5. The van der Waals surface area contributed by atoms with Gasteiger partial charge in [-0.25, -0.2) is 0 Å². The monoisotopic (exact) mass is 332 g/mol. The highest BCUT2D eigenvalue weighted by molar-refractivity contribution is 5.97. The molecular formula is C16H20N4O4. The first-order valence-electron chi connectivity index (χ1n) is 8.00. The lowest BCUT2D eigenvalue weighted by molar-refractivity contribution is -0.384. The maximum Gasteiger partial charge on any atom is 0.270 e. The molecule has 0 aromatic heterocycles. The van der Waals surface area contributed by atoms with Gasteiger partial charge in [0.05, 0.1) is 4.92 Å². The van der Waals surface area contributed by atoms with Crippen LogP contribution in [-0.4, -0.2) is 53.9 Å². The lowest BCUT2D eigenvalue weighted by Crippen LogP contribution is -2.46. The van der Waals surface area contributed by atoms with E-state index in [1.54, 1.807) is 11.8 Å². The second kappa shape index (κ2) is 6.56. The van der Waals surface area contributed by atoms with E-state index in [1.165, 1.54) is 24.3 Å². The standard InChI is InChI=1S/C16H20N4O4/c1-10(16(22)19-8-12-6-17-7-13(12)9-19)18-15(21)11-3-2-4-14(5-11)20(23)24/h2-5,10,12-13,17H,6-9H2,1H3,(H,18,21)/t10?,12-,13+. The first kappa shape index (κ1) is 16.4. The number of nitrogens with one attached hydrogen (secondary N) is 2. The molecule has 2 saturated heterocycles. The molecule has 128 valence electrons. The summed E-state index contributed by atoms with van der Waals surface area (Å²) in [7, 11) is 0. The Labute approximate surface area is 139 Å². The predicted molar refractivity (Wildman–Crippen MR) is 86.5 cm³/mol. The van der Waals surface area contributed by atoms with Crippen LogP contribution in [0.25, 0.3) is 0 Å². The fourth-order valence-electron chi connectivity index (χ4n) is 3.41. The van der Waals surface area contributed by atoms with Gasteiger partial charge in [-0.05, 0) is 24.8 Å². The van der Waals surface area contributed by atoms with Crippen LogP contribution in [0.3, 0.4) is 0 Å². The van der Waals surface area contributed by atoms with Crippen molar-refractivity contribution in [1.82, 2.24) is 15.5 Å². The number of nitrogens with zero attached hydrogens (tertiary/aromatic N) is 2. The maximum absolute atomic E-state index is 12.5. The van der Waals surface area contributed by atoms with Crippen molar-refractivity contribution in [2.24, 2.45) is 11.8 Å². The Morgan fingerprint density at radius 2 is 2.00 bits per heavy atom. The lowest BCUT2D eigenvalue weighted by atomic mass is 10.0. The number of amides is 2. The molecule has 1 unspecified atom stereocenters. The number of hydrogen-bond donors (Lipinski definition) is 2.